The van der Waals surface area contributed by atoms with Gasteiger partial charge in [0.15, 0.2) is 12.1 Å². The predicted octanol–water partition coefficient (Wildman–Crippen LogP) is 5.30. The highest BCUT2D eigenvalue weighted by atomic mass is 16.5. The number of benzene rings is 2. The fourth-order valence-corrected chi connectivity index (χ4v) is 5.73. The third-order valence-electron chi connectivity index (χ3n) is 7.83. The van der Waals surface area contributed by atoms with Crippen LogP contribution in [-0.4, -0.2) is 41.5 Å². The molecule has 5 heteroatoms. The molecule has 2 aromatic carbocycles. The lowest BCUT2D eigenvalue weighted by Crippen LogP contribution is -2.74. The van der Waals surface area contributed by atoms with E-state index >= 15 is 0 Å². The summed E-state index contributed by atoms with van der Waals surface area (Å²) in [5.74, 6) is -0.129. The molecule has 1 aliphatic carbocycles. The van der Waals surface area contributed by atoms with Gasteiger partial charge in [0.25, 0.3) is 5.91 Å². The van der Waals surface area contributed by atoms with Crippen LogP contribution < -0.4 is 5.32 Å². The molecule has 4 rings (SSSR count). The summed E-state index contributed by atoms with van der Waals surface area (Å²) < 4.78 is 6.25. The van der Waals surface area contributed by atoms with E-state index in [0.717, 1.165) is 80.4 Å². The van der Waals surface area contributed by atoms with Crippen LogP contribution in [0.1, 0.15) is 61.6 Å². The molecule has 176 valence electrons. The largest absolute Gasteiger partial charge is 0.457 e. The Morgan fingerprint density at radius 3 is 2.09 bits per heavy atom. The average molecular weight is 450 g/mol. The zero-order valence-electron chi connectivity index (χ0n) is 20.1. The Bertz CT molecular complexity index is 954. The van der Waals surface area contributed by atoms with Gasteiger partial charge in [0.2, 0.25) is 0 Å². The number of hydrogen-bond acceptors (Lipinski definition) is 3. The molecule has 0 radical (unpaired) electrons. The molecule has 1 N–H and O–H groups in total. The van der Waals surface area contributed by atoms with Crippen LogP contribution in [-0.2, 0) is 20.9 Å². The highest BCUT2D eigenvalue weighted by Gasteiger charge is 2.61. The minimum atomic E-state index is -0.551. The summed E-state index contributed by atoms with van der Waals surface area (Å²) >= 11 is 0. The van der Waals surface area contributed by atoms with Crippen molar-refractivity contribution in [3.8, 4) is 0 Å². The number of ether oxygens (including phenoxy) is 1. The Labute approximate surface area is 197 Å². The predicted molar refractivity (Wildman–Crippen MR) is 131 cm³/mol. The Hall–Kier alpha value is -2.66. The molecular formula is C28H37N2O3+. The van der Waals surface area contributed by atoms with Gasteiger partial charge in [-0.2, -0.15) is 0 Å². The Kier molecular flexibility index (Phi) is 7.18. The standard InChI is InChI=1S/C28H36N2O3/c1-22-12-10-13-23(2)26(22)29-27(32)28(16-11-17-28)30(18-8-3-4-9-19-30)20-25(31)33-21-24-14-6-5-7-15-24/h5-7,10,12-15H,3-4,8-9,11,16-21H2,1-2H3/p+1. The van der Waals surface area contributed by atoms with Crippen LogP contribution in [0.5, 0.6) is 0 Å². The van der Waals surface area contributed by atoms with Gasteiger partial charge in [0.1, 0.15) is 6.61 Å². The van der Waals surface area contributed by atoms with Crippen LogP contribution in [0.4, 0.5) is 5.69 Å². The van der Waals surface area contributed by atoms with Crippen molar-refractivity contribution < 1.29 is 18.8 Å². The maximum Gasteiger partial charge on any atom is 0.362 e. The van der Waals surface area contributed by atoms with E-state index in [0.29, 0.717) is 4.48 Å². The number of nitrogens with one attached hydrogen (secondary N) is 1. The Morgan fingerprint density at radius 2 is 1.52 bits per heavy atom. The molecule has 1 saturated carbocycles. The van der Waals surface area contributed by atoms with Gasteiger partial charge in [-0.15, -0.1) is 0 Å². The molecule has 1 saturated heterocycles. The molecule has 33 heavy (non-hydrogen) atoms. The molecule has 1 heterocycles. The summed E-state index contributed by atoms with van der Waals surface area (Å²) in [7, 11) is 0. The van der Waals surface area contributed by atoms with Crippen molar-refractivity contribution in [3.05, 3.63) is 65.2 Å². The number of rotatable bonds is 7. The first kappa shape index (κ1) is 23.5. The van der Waals surface area contributed by atoms with Gasteiger partial charge in [-0.05, 0) is 62.6 Å². The number of hydrogen-bond donors (Lipinski definition) is 1. The van der Waals surface area contributed by atoms with Crippen LogP contribution in [0, 0.1) is 13.8 Å². The molecule has 1 aliphatic heterocycles. The second-order valence-corrected chi connectivity index (χ2v) is 9.92. The van der Waals surface area contributed by atoms with Crippen LogP contribution in [0.15, 0.2) is 48.5 Å². The van der Waals surface area contributed by atoms with E-state index in [1.807, 2.05) is 62.4 Å². The fraction of sp³-hybridized carbons (Fsp3) is 0.500. The molecule has 0 bridgehead atoms. The number of amides is 1. The lowest BCUT2D eigenvalue weighted by molar-refractivity contribution is -0.965. The lowest BCUT2D eigenvalue weighted by atomic mass is 9.71. The normalized spacial score (nSPS) is 19.1. The molecule has 2 aliphatic rings. The number of quaternary nitrogens is 1. The zero-order valence-corrected chi connectivity index (χ0v) is 20.1. The number of anilines is 1. The van der Waals surface area contributed by atoms with Gasteiger partial charge in [-0.1, -0.05) is 48.5 Å². The van der Waals surface area contributed by atoms with Crippen molar-refractivity contribution in [1.82, 2.24) is 0 Å². The van der Waals surface area contributed by atoms with E-state index < -0.39 is 5.54 Å². The molecule has 0 atom stereocenters. The van der Waals surface area contributed by atoms with Crippen LogP contribution in [0.25, 0.3) is 0 Å². The molecule has 0 spiro atoms. The monoisotopic (exact) mass is 449 g/mol. The third kappa shape index (κ3) is 4.84. The van der Waals surface area contributed by atoms with Gasteiger partial charge >= 0.3 is 5.97 Å². The number of likely N-dealkylation sites (tertiary alicyclic amines) is 1. The molecule has 2 aromatic rings. The van der Waals surface area contributed by atoms with Crippen molar-refractivity contribution in [2.45, 2.75) is 70.9 Å². The zero-order chi connectivity index (χ0) is 23.3. The first-order chi connectivity index (χ1) is 16.0. The van der Waals surface area contributed by atoms with Crippen molar-refractivity contribution in [2.75, 3.05) is 25.0 Å². The van der Waals surface area contributed by atoms with E-state index in [4.69, 9.17) is 4.74 Å². The van der Waals surface area contributed by atoms with Crippen LogP contribution in [0.2, 0.25) is 0 Å². The fourth-order valence-electron chi connectivity index (χ4n) is 5.73. The number of carbonyl (C=O) groups is 2. The number of carbonyl (C=O) groups excluding carboxylic acids is 2. The topological polar surface area (TPSA) is 55.4 Å². The van der Waals surface area contributed by atoms with E-state index in [9.17, 15) is 9.59 Å². The molecule has 2 fully saturated rings. The second kappa shape index (κ2) is 10.1. The Balaban J connectivity index is 1.57. The average Bonchev–Trinajstić information content (AvgIpc) is 3.01. The summed E-state index contributed by atoms with van der Waals surface area (Å²) in [5.41, 5.74) is 3.49. The highest BCUT2D eigenvalue weighted by Crippen LogP contribution is 2.46. The van der Waals surface area contributed by atoms with Crippen molar-refractivity contribution >= 4 is 17.6 Å². The maximum atomic E-state index is 13.9. The molecular weight excluding hydrogens is 412 g/mol. The second-order valence-electron chi connectivity index (χ2n) is 9.92. The van der Waals surface area contributed by atoms with Gasteiger partial charge in [0, 0.05) is 18.5 Å². The number of esters is 1. The lowest BCUT2D eigenvalue weighted by Gasteiger charge is -2.55. The van der Waals surface area contributed by atoms with Gasteiger partial charge in [0.05, 0.1) is 13.1 Å². The summed E-state index contributed by atoms with van der Waals surface area (Å²) in [6, 6.07) is 15.9. The van der Waals surface area contributed by atoms with E-state index in [-0.39, 0.29) is 25.0 Å². The van der Waals surface area contributed by atoms with Crippen LogP contribution in [0.3, 0.4) is 0 Å². The molecule has 5 nitrogen and oxygen atoms in total. The minimum Gasteiger partial charge on any atom is -0.457 e. The number of aryl methyl sites for hydroxylation is 2. The van der Waals surface area contributed by atoms with Gasteiger partial charge in [-0.25, -0.2) is 4.79 Å². The summed E-state index contributed by atoms with van der Waals surface area (Å²) in [6.07, 6.45) is 7.10. The summed E-state index contributed by atoms with van der Waals surface area (Å²) in [4.78, 5) is 27.0. The van der Waals surface area contributed by atoms with E-state index in [1.54, 1.807) is 0 Å². The summed E-state index contributed by atoms with van der Waals surface area (Å²) in [6.45, 7) is 6.34. The van der Waals surface area contributed by atoms with Crippen molar-refractivity contribution in [1.29, 1.82) is 0 Å². The molecule has 1 amide bonds. The van der Waals surface area contributed by atoms with Gasteiger partial charge in [-0.3, -0.25) is 4.79 Å². The molecule has 0 aromatic heterocycles. The Morgan fingerprint density at radius 1 is 0.879 bits per heavy atom. The number of para-hydroxylation sites is 1. The number of nitrogens with zero attached hydrogens (tertiary/aromatic N) is 1. The van der Waals surface area contributed by atoms with Crippen molar-refractivity contribution in [2.24, 2.45) is 0 Å². The van der Waals surface area contributed by atoms with E-state index in [1.165, 1.54) is 0 Å². The molecule has 0 unspecified atom stereocenters. The maximum absolute atomic E-state index is 13.9. The van der Waals surface area contributed by atoms with E-state index in [2.05, 4.69) is 5.32 Å². The highest BCUT2D eigenvalue weighted by molar-refractivity contribution is 5.99. The smallest absolute Gasteiger partial charge is 0.362 e. The minimum absolute atomic E-state index is 0.0731. The summed E-state index contributed by atoms with van der Waals surface area (Å²) in [5, 5.41) is 3.29. The van der Waals surface area contributed by atoms with Crippen LogP contribution >= 0.6 is 0 Å². The van der Waals surface area contributed by atoms with Gasteiger partial charge < -0.3 is 14.5 Å². The quantitative estimate of drug-likeness (QED) is 0.461. The van der Waals surface area contributed by atoms with Crippen molar-refractivity contribution in [3.63, 3.8) is 0 Å². The first-order valence-corrected chi connectivity index (χ1v) is 12.4. The first-order valence-electron chi connectivity index (χ1n) is 12.4. The SMILES string of the molecule is Cc1cccc(C)c1NC(=O)C1([N+]2(CC(=O)OCc3ccccc3)CCCCCC2)CCC1. The third-order valence-corrected chi connectivity index (χ3v) is 7.83.